The van der Waals surface area contributed by atoms with Crippen LogP contribution in [0.4, 0.5) is 5.00 Å². The number of esters is 1. The van der Waals surface area contributed by atoms with Crippen molar-refractivity contribution in [2.24, 2.45) is 0 Å². The lowest BCUT2D eigenvalue weighted by molar-refractivity contribution is -0.116. The molecule has 5 nitrogen and oxygen atoms in total. The van der Waals surface area contributed by atoms with Gasteiger partial charge in [0.15, 0.2) is 0 Å². The first-order valence-electron chi connectivity index (χ1n) is 5.73. The first-order chi connectivity index (χ1) is 8.54. The molecule has 0 saturated carbocycles. The number of amides is 1. The molecule has 0 spiro atoms. The number of carbonyl (C=O) groups is 2. The molecule has 0 aliphatic rings. The molecular formula is C12H18N2O3S. The third-order valence-electron chi connectivity index (χ3n) is 2.20. The molecular weight excluding hydrogens is 252 g/mol. The lowest BCUT2D eigenvalue weighted by Crippen LogP contribution is -2.21. The van der Waals surface area contributed by atoms with Gasteiger partial charge in [0.25, 0.3) is 0 Å². The van der Waals surface area contributed by atoms with Crippen LogP contribution in [0.15, 0.2) is 11.4 Å². The molecule has 0 aliphatic heterocycles. The molecule has 6 heteroatoms. The van der Waals surface area contributed by atoms with E-state index in [2.05, 4.69) is 5.32 Å². The average Bonchev–Trinajstić information content (AvgIpc) is 2.75. The maximum absolute atomic E-state index is 11.7. The van der Waals surface area contributed by atoms with Gasteiger partial charge >= 0.3 is 5.97 Å². The van der Waals surface area contributed by atoms with Gasteiger partial charge in [0.2, 0.25) is 5.91 Å². The normalized spacial score (nSPS) is 10.4. The minimum absolute atomic E-state index is 0.100. The Morgan fingerprint density at radius 1 is 1.44 bits per heavy atom. The number of rotatable bonds is 6. The number of nitrogens with one attached hydrogen (secondary N) is 1. The summed E-state index contributed by atoms with van der Waals surface area (Å²) in [5, 5.41) is 5.05. The Balaban J connectivity index is 2.59. The summed E-state index contributed by atoms with van der Waals surface area (Å²) >= 11 is 1.32. The van der Waals surface area contributed by atoms with Crippen molar-refractivity contribution in [3.63, 3.8) is 0 Å². The number of hydrogen-bond donors (Lipinski definition) is 1. The molecule has 18 heavy (non-hydrogen) atoms. The molecule has 100 valence electrons. The smallest absolute Gasteiger partial charge is 0.341 e. The van der Waals surface area contributed by atoms with Crippen molar-refractivity contribution in [3.05, 3.63) is 17.0 Å². The molecule has 1 aromatic rings. The Hall–Kier alpha value is -1.40. The lowest BCUT2D eigenvalue weighted by atomic mass is 10.3. The number of hydrogen-bond acceptors (Lipinski definition) is 5. The van der Waals surface area contributed by atoms with Gasteiger partial charge in [0.05, 0.1) is 12.2 Å². The zero-order valence-electron chi connectivity index (χ0n) is 10.9. The van der Waals surface area contributed by atoms with Gasteiger partial charge in [-0.25, -0.2) is 4.79 Å². The number of thiophene rings is 1. The van der Waals surface area contributed by atoms with E-state index in [0.29, 0.717) is 30.1 Å². The van der Waals surface area contributed by atoms with Crippen molar-refractivity contribution in [1.82, 2.24) is 4.90 Å². The van der Waals surface area contributed by atoms with Gasteiger partial charge in [-0.15, -0.1) is 11.3 Å². The van der Waals surface area contributed by atoms with E-state index < -0.39 is 5.97 Å². The van der Waals surface area contributed by atoms with E-state index in [4.69, 9.17) is 4.74 Å². The van der Waals surface area contributed by atoms with Crippen LogP contribution in [0, 0.1) is 0 Å². The highest BCUT2D eigenvalue weighted by molar-refractivity contribution is 7.14. The van der Waals surface area contributed by atoms with E-state index in [-0.39, 0.29) is 5.91 Å². The summed E-state index contributed by atoms with van der Waals surface area (Å²) in [6, 6.07) is 1.66. The summed E-state index contributed by atoms with van der Waals surface area (Å²) in [6.45, 7) is 2.74. The fourth-order valence-corrected chi connectivity index (χ4v) is 2.08. The summed E-state index contributed by atoms with van der Waals surface area (Å²) in [7, 11) is 3.81. The standard InChI is InChI=1S/C12H18N2O3S/c1-4-17-12(16)9-6-8-18-11(9)13-10(15)5-7-14(2)3/h6,8H,4-5,7H2,1-3H3,(H,13,15). The largest absolute Gasteiger partial charge is 0.462 e. The molecule has 0 radical (unpaired) electrons. The monoisotopic (exact) mass is 270 g/mol. The molecule has 0 saturated heterocycles. The summed E-state index contributed by atoms with van der Waals surface area (Å²) in [5.41, 5.74) is 0.417. The summed E-state index contributed by atoms with van der Waals surface area (Å²) in [5.74, 6) is -0.502. The molecule has 1 aromatic heterocycles. The zero-order valence-corrected chi connectivity index (χ0v) is 11.7. The Bertz CT molecular complexity index is 415. The van der Waals surface area contributed by atoms with Crippen LogP contribution in [0.1, 0.15) is 23.7 Å². The molecule has 1 heterocycles. The molecule has 1 amide bonds. The van der Waals surface area contributed by atoms with Crippen molar-refractivity contribution in [1.29, 1.82) is 0 Å². The Morgan fingerprint density at radius 3 is 2.78 bits per heavy atom. The van der Waals surface area contributed by atoms with Crippen molar-refractivity contribution in [3.8, 4) is 0 Å². The SMILES string of the molecule is CCOC(=O)c1ccsc1NC(=O)CCN(C)C. The van der Waals surface area contributed by atoms with Crippen LogP contribution >= 0.6 is 11.3 Å². The highest BCUT2D eigenvalue weighted by Crippen LogP contribution is 2.24. The van der Waals surface area contributed by atoms with E-state index in [9.17, 15) is 9.59 Å². The van der Waals surface area contributed by atoms with E-state index >= 15 is 0 Å². The predicted molar refractivity (Wildman–Crippen MR) is 72.1 cm³/mol. The Kier molecular flexibility index (Phi) is 5.80. The second kappa shape index (κ2) is 7.13. The lowest BCUT2D eigenvalue weighted by Gasteiger charge is -2.09. The van der Waals surface area contributed by atoms with Gasteiger partial charge < -0.3 is 15.0 Å². The van der Waals surface area contributed by atoms with Crippen LogP contribution in [-0.2, 0) is 9.53 Å². The second-order valence-electron chi connectivity index (χ2n) is 3.99. The fourth-order valence-electron chi connectivity index (χ4n) is 1.29. The molecule has 1 rings (SSSR count). The maximum atomic E-state index is 11.7. The fraction of sp³-hybridized carbons (Fsp3) is 0.500. The number of ether oxygens (including phenoxy) is 1. The molecule has 0 bridgehead atoms. The van der Waals surface area contributed by atoms with Crippen LogP contribution < -0.4 is 5.32 Å². The minimum atomic E-state index is -0.401. The number of carbonyl (C=O) groups excluding carboxylic acids is 2. The maximum Gasteiger partial charge on any atom is 0.341 e. The second-order valence-corrected chi connectivity index (χ2v) is 4.90. The van der Waals surface area contributed by atoms with Crippen LogP contribution in [0.2, 0.25) is 0 Å². The first-order valence-corrected chi connectivity index (χ1v) is 6.61. The van der Waals surface area contributed by atoms with E-state index in [1.165, 1.54) is 11.3 Å². The minimum Gasteiger partial charge on any atom is -0.462 e. The predicted octanol–water partition coefficient (Wildman–Crippen LogP) is 1.82. The molecule has 0 unspecified atom stereocenters. The van der Waals surface area contributed by atoms with Crippen molar-refractivity contribution in [2.45, 2.75) is 13.3 Å². The number of nitrogens with zero attached hydrogens (tertiary/aromatic N) is 1. The highest BCUT2D eigenvalue weighted by Gasteiger charge is 2.15. The molecule has 0 aromatic carbocycles. The highest BCUT2D eigenvalue weighted by atomic mass is 32.1. The van der Waals surface area contributed by atoms with Gasteiger partial charge in [-0.2, -0.15) is 0 Å². The molecule has 1 N–H and O–H groups in total. The van der Waals surface area contributed by atoms with Gasteiger partial charge in [-0.1, -0.05) is 0 Å². The zero-order chi connectivity index (χ0) is 13.5. The molecule has 0 aliphatic carbocycles. The molecule has 0 atom stereocenters. The third-order valence-corrected chi connectivity index (χ3v) is 3.03. The van der Waals surface area contributed by atoms with Crippen LogP contribution in [0.5, 0.6) is 0 Å². The van der Waals surface area contributed by atoms with Crippen LogP contribution in [0.25, 0.3) is 0 Å². The van der Waals surface area contributed by atoms with E-state index in [1.54, 1.807) is 18.4 Å². The topological polar surface area (TPSA) is 58.6 Å². The van der Waals surface area contributed by atoms with E-state index in [1.807, 2.05) is 19.0 Å². The van der Waals surface area contributed by atoms with Crippen LogP contribution in [0.3, 0.4) is 0 Å². The van der Waals surface area contributed by atoms with Crippen LogP contribution in [-0.4, -0.2) is 44.0 Å². The quantitative estimate of drug-likeness (QED) is 0.801. The van der Waals surface area contributed by atoms with Gasteiger partial charge in [0, 0.05) is 13.0 Å². The van der Waals surface area contributed by atoms with Gasteiger partial charge in [-0.05, 0) is 32.5 Å². The summed E-state index contributed by atoms with van der Waals surface area (Å²) in [4.78, 5) is 25.2. The Labute approximate surface area is 111 Å². The van der Waals surface area contributed by atoms with Crippen molar-refractivity contribution >= 4 is 28.2 Å². The number of anilines is 1. The summed E-state index contributed by atoms with van der Waals surface area (Å²) < 4.78 is 4.91. The van der Waals surface area contributed by atoms with Gasteiger partial charge in [-0.3, -0.25) is 4.79 Å². The van der Waals surface area contributed by atoms with Crippen molar-refractivity contribution in [2.75, 3.05) is 32.6 Å². The summed E-state index contributed by atoms with van der Waals surface area (Å²) in [6.07, 6.45) is 0.396. The van der Waals surface area contributed by atoms with E-state index in [0.717, 1.165) is 0 Å². The average molecular weight is 270 g/mol. The Morgan fingerprint density at radius 2 is 2.17 bits per heavy atom. The first kappa shape index (κ1) is 14.7. The van der Waals surface area contributed by atoms with Crippen molar-refractivity contribution < 1.29 is 14.3 Å². The third kappa shape index (κ3) is 4.46. The molecule has 0 fully saturated rings. The van der Waals surface area contributed by atoms with Gasteiger partial charge in [0.1, 0.15) is 5.00 Å².